The molecule has 1 aromatic carbocycles. The molecule has 24 heavy (non-hydrogen) atoms. The van der Waals surface area contributed by atoms with Crippen LogP contribution >= 0.6 is 0 Å². The van der Waals surface area contributed by atoms with Crippen molar-refractivity contribution in [3.8, 4) is 0 Å². The van der Waals surface area contributed by atoms with Crippen molar-refractivity contribution in [3.63, 3.8) is 0 Å². The summed E-state index contributed by atoms with van der Waals surface area (Å²) in [5.74, 6) is -0.838. The van der Waals surface area contributed by atoms with E-state index in [-0.39, 0.29) is 5.78 Å². The van der Waals surface area contributed by atoms with E-state index in [0.29, 0.717) is 28.1 Å². The fraction of sp³-hybridized carbons (Fsp3) is 0.200. The zero-order valence-corrected chi connectivity index (χ0v) is 13.8. The molecule has 1 aliphatic rings. The predicted molar refractivity (Wildman–Crippen MR) is 96.1 cm³/mol. The van der Waals surface area contributed by atoms with E-state index >= 15 is 0 Å². The van der Waals surface area contributed by atoms with Gasteiger partial charge in [0.15, 0.2) is 5.78 Å². The highest BCUT2D eigenvalue weighted by Gasteiger charge is 2.40. The molecule has 0 aliphatic heterocycles. The number of hydrogen-bond donors (Lipinski definition) is 2. The molecule has 2 N–H and O–H groups in total. The van der Waals surface area contributed by atoms with Gasteiger partial charge < -0.3 is 10.2 Å². The van der Waals surface area contributed by atoms with Gasteiger partial charge in [0.2, 0.25) is 0 Å². The Kier molecular flexibility index (Phi) is 5.66. The quantitative estimate of drug-likeness (QED) is 0.487. The van der Waals surface area contributed by atoms with Crippen LogP contribution in [0.2, 0.25) is 0 Å². The monoisotopic (exact) mass is 323 g/mol. The molecule has 2 atom stereocenters. The fourth-order valence-corrected chi connectivity index (χ4v) is 2.73. The van der Waals surface area contributed by atoms with Gasteiger partial charge in [-0.3, -0.25) is 9.79 Å². The molecule has 0 bridgehead atoms. The van der Waals surface area contributed by atoms with Crippen LogP contribution in [0.3, 0.4) is 0 Å². The molecule has 0 saturated heterocycles. The van der Waals surface area contributed by atoms with E-state index in [1.165, 1.54) is 6.08 Å². The Morgan fingerprint density at radius 2 is 2.04 bits per heavy atom. The number of allylic oxidation sites excluding steroid dienone is 4. The summed E-state index contributed by atoms with van der Waals surface area (Å²) < 4.78 is 0. The van der Waals surface area contributed by atoms with Crippen LogP contribution < -0.4 is 0 Å². The molecule has 1 aromatic rings. The number of rotatable bonds is 5. The van der Waals surface area contributed by atoms with Crippen molar-refractivity contribution in [3.05, 3.63) is 83.8 Å². The van der Waals surface area contributed by atoms with Crippen LogP contribution in [0.25, 0.3) is 0 Å². The smallest absolute Gasteiger partial charge is 0.174 e. The van der Waals surface area contributed by atoms with Crippen LogP contribution in [-0.4, -0.2) is 21.7 Å². The summed E-state index contributed by atoms with van der Waals surface area (Å²) in [7, 11) is 0. The summed E-state index contributed by atoms with van der Waals surface area (Å²) in [5.41, 5.74) is 2.71. The van der Waals surface area contributed by atoms with E-state index in [4.69, 9.17) is 5.11 Å². The molecule has 0 spiro atoms. The number of benzene rings is 1. The molecule has 0 saturated carbocycles. The first kappa shape index (κ1) is 17.6. The maximum atomic E-state index is 12.6. The van der Waals surface area contributed by atoms with E-state index in [1.807, 2.05) is 13.0 Å². The third kappa shape index (κ3) is 3.44. The largest absolute Gasteiger partial charge is 0.516 e. The van der Waals surface area contributed by atoms with E-state index < -0.39 is 12.0 Å². The van der Waals surface area contributed by atoms with Gasteiger partial charge in [0, 0.05) is 11.3 Å². The Bertz CT molecular complexity index is 769. The molecule has 124 valence electrons. The molecular formula is C20H21NO3. The van der Waals surface area contributed by atoms with E-state index in [1.54, 1.807) is 43.3 Å². The minimum Gasteiger partial charge on any atom is -0.516 e. The van der Waals surface area contributed by atoms with Gasteiger partial charge >= 0.3 is 0 Å². The average molecular weight is 323 g/mol. The standard InChI is InChI=1S/C20H21NO3/c1-4-5-10-17(13(2)11-12-22)21-14(3)18-19(23)15-8-6-7-9-16(15)20(18)24/h4-12,18-19,22-23H,2H2,1,3H3/b5-4-,12-11+,17-10+,21-14?/t18?,19-/m0/s1. The maximum Gasteiger partial charge on any atom is 0.174 e. The Hall–Kier alpha value is -2.72. The predicted octanol–water partition coefficient (Wildman–Crippen LogP) is 4.08. The second-order valence-corrected chi connectivity index (χ2v) is 5.55. The number of aliphatic hydroxyl groups excluding tert-OH is 2. The van der Waals surface area contributed by atoms with E-state index in [2.05, 4.69) is 11.6 Å². The highest BCUT2D eigenvalue weighted by Crippen LogP contribution is 2.37. The molecule has 1 aliphatic carbocycles. The molecule has 4 heteroatoms. The summed E-state index contributed by atoms with van der Waals surface area (Å²) >= 11 is 0. The first-order valence-corrected chi connectivity index (χ1v) is 7.70. The van der Waals surface area contributed by atoms with Gasteiger partial charge in [-0.25, -0.2) is 0 Å². The molecule has 0 radical (unpaired) electrons. The zero-order valence-electron chi connectivity index (χ0n) is 13.8. The first-order valence-electron chi connectivity index (χ1n) is 7.70. The van der Waals surface area contributed by atoms with Crippen molar-refractivity contribution in [2.75, 3.05) is 0 Å². The Labute approximate surface area is 141 Å². The van der Waals surface area contributed by atoms with Gasteiger partial charge in [-0.05, 0) is 37.1 Å². The minimum absolute atomic E-state index is 0.131. The third-order valence-corrected chi connectivity index (χ3v) is 3.94. The van der Waals surface area contributed by atoms with Crippen LogP contribution in [0.1, 0.15) is 35.9 Å². The van der Waals surface area contributed by atoms with Crippen molar-refractivity contribution >= 4 is 11.5 Å². The second-order valence-electron chi connectivity index (χ2n) is 5.55. The zero-order chi connectivity index (χ0) is 17.7. The highest BCUT2D eigenvalue weighted by atomic mass is 16.3. The lowest BCUT2D eigenvalue weighted by atomic mass is 9.97. The summed E-state index contributed by atoms with van der Waals surface area (Å²) in [4.78, 5) is 17.1. The number of aliphatic hydroxyl groups is 2. The van der Waals surface area contributed by atoms with Gasteiger partial charge in [0.1, 0.15) is 0 Å². The molecule has 0 amide bonds. The van der Waals surface area contributed by atoms with Gasteiger partial charge in [-0.1, -0.05) is 43.0 Å². The van der Waals surface area contributed by atoms with Gasteiger partial charge in [-0.2, -0.15) is 0 Å². The Morgan fingerprint density at radius 1 is 1.33 bits per heavy atom. The summed E-state index contributed by atoms with van der Waals surface area (Å²) in [6, 6.07) is 7.06. The summed E-state index contributed by atoms with van der Waals surface area (Å²) in [6.45, 7) is 7.44. The number of Topliss-reactive ketones (excluding diaryl/α,β-unsaturated/α-hetero) is 1. The minimum atomic E-state index is -0.901. The van der Waals surface area contributed by atoms with Crippen LogP contribution in [0.5, 0.6) is 0 Å². The maximum absolute atomic E-state index is 12.6. The first-order chi connectivity index (χ1) is 11.5. The van der Waals surface area contributed by atoms with Crippen molar-refractivity contribution in [1.29, 1.82) is 0 Å². The average Bonchev–Trinajstić information content (AvgIpc) is 2.83. The van der Waals surface area contributed by atoms with Crippen LogP contribution in [-0.2, 0) is 0 Å². The molecule has 1 unspecified atom stereocenters. The van der Waals surface area contributed by atoms with Crippen LogP contribution in [0.4, 0.5) is 0 Å². The third-order valence-electron chi connectivity index (χ3n) is 3.94. The van der Waals surface area contributed by atoms with Gasteiger partial charge in [0.05, 0.1) is 24.0 Å². The molecule has 0 fully saturated rings. The Morgan fingerprint density at radius 3 is 2.67 bits per heavy atom. The number of fused-ring (bicyclic) bond motifs is 1. The van der Waals surface area contributed by atoms with Crippen molar-refractivity contribution < 1.29 is 15.0 Å². The van der Waals surface area contributed by atoms with Gasteiger partial charge in [-0.15, -0.1) is 0 Å². The molecule has 0 heterocycles. The molecule has 2 rings (SSSR count). The lowest BCUT2D eigenvalue weighted by Crippen LogP contribution is -2.22. The number of nitrogens with zero attached hydrogens (tertiary/aromatic N) is 1. The number of carbonyl (C=O) groups is 1. The van der Waals surface area contributed by atoms with E-state index in [9.17, 15) is 9.90 Å². The van der Waals surface area contributed by atoms with Crippen molar-refractivity contribution in [2.45, 2.75) is 20.0 Å². The highest BCUT2D eigenvalue weighted by molar-refractivity contribution is 6.15. The number of hydrogen-bond acceptors (Lipinski definition) is 4. The van der Waals surface area contributed by atoms with E-state index in [0.717, 1.165) is 6.26 Å². The second kappa shape index (κ2) is 7.70. The molecule has 0 aromatic heterocycles. The summed E-state index contributed by atoms with van der Waals surface area (Å²) in [6.07, 6.45) is 6.79. The summed E-state index contributed by atoms with van der Waals surface area (Å²) in [5, 5.41) is 19.4. The fourth-order valence-electron chi connectivity index (χ4n) is 2.73. The number of carbonyl (C=O) groups excluding carboxylic acids is 1. The lowest BCUT2D eigenvalue weighted by molar-refractivity contribution is 0.0858. The van der Waals surface area contributed by atoms with Crippen LogP contribution in [0, 0.1) is 5.92 Å². The SMILES string of the molecule is C=C(/C=C/O)/C(=C\C=C/C)N=C(C)C1C(=O)c2ccccc2[C@@H]1O. The Balaban J connectivity index is 2.39. The van der Waals surface area contributed by atoms with Crippen molar-refractivity contribution in [2.24, 2.45) is 10.9 Å². The number of ketones is 1. The van der Waals surface area contributed by atoms with Crippen LogP contribution in [0.15, 0.2) is 77.7 Å². The number of aliphatic imine (C=N–C) groups is 1. The van der Waals surface area contributed by atoms with Crippen molar-refractivity contribution in [1.82, 2.24) is 0 Å². The normalized spacial score (nSPS) is 21.7. The lowest BCUT2D eigenvalue weighted by Gasteiger charge is -2.14. The molecular weight excluding hydrogens is 302 g/mol. The molecule has 4 nitrogen and oxygen atoms in total. The van der Waals surface area contributed by atoms with Gasteiger partial charge in [0.25, 0.3) is 0 Å². The topological polar surface area (TPSA) is 69.9 Å².